The van der Waals surface area contributed by atoms with E-state index < -0.39 is 0 Å². The third-order valence-electron chi connectivity index (χ3n) is 2.37. The van der Waals surface area contributed by atoms with Gasteiger partial charge in [-0.15, -0.1) is 0 Å². The van der Waals surface area contributed by atoms with Crippen molar-refractivity contribution in [2.75, 3.05) is 53.5 Å². The SMILES string of the molecule is COCCNC(=O)N1CCN(C)CC1. The number of urea groups is 1. The van der Waals surface area contributed by atoms with Crippen LogP contribution in [-0.4, -0.2) is 69.3 Å². The Morgan fingerprint density at radius 3 is 2.57 bits per heavy atom. The van der Waals surface area contributed by atoms with Crippen LogP contribution in [-0.2, 0) is 4.74 Å². The second-order valence-electron chi connectivity index (χ2n) is 3.52. The highest BCUT2D eigenvalue weighted by Gasteiger charge is 2.17. The fourth-order valence-corrected chi connectivity index (χ4v) is 1.38. The quantitative estimate of drug-likeness (QED) is 0.631. The van der Waals surface area contributed by atoms with Crippen LogP contribution in [0, 0.1) is 0 Å². The molecular formula is C9H19N3O2. The number of nitrogens with one attached hydrogen (secondary N) is 1. The van der Waals surface area contributed by atoms with Gasteiger partial charge < -0.3 is 19.9 Å². The number of hydrogen-bond donors (Lipinski definition) is 1. The van der Waals surface area contributed by atoms with Crippen molar-refractivity contribution in [3.8, 4) is 0 Å². The Morgan fingerprint density at radius 1 is 1.36 bits per heavy atom. The molecule has 1 aliphatic rings. The molecule has 0 aromatic heterocycles. The summed E-state index contributed by atoms with van der Waals surface area (Å²) in [6.07, 6.45) is 0. The summed E-state index contributed by atoms with van der Waals surface area (Å²) in [6, 6.07) is 0.0233. The standard InChI is InChI=1S/C9H19N3O2/c1-11-4-6-12(7-5-11)9(13)10-3-8-14-2/h3-8H2,1-2H3,(H,10,13). The lowest BCUT2D eigenvalue weighted by Crippen LogP contribution is -2.51. The Labute approximate surface area is 85.0 Å². The molecule has 0 aromatic carbocycles. The van der Waals surface area contributed by atoms with Gasteiger partial charge in [-0.1, -0.05) is 0 Å². The average molecular weight is 201 g/mol. The van der Waals surface area contributed by atoms with Gasteiger partial charge in [0.05, 0.1) is 6.61 Å². The second-order valence-corrected chi connectivity index (χ2v) is 3.52. The molecule has 2 amide bonds. The molecule has 82 valence electrons. The molecule has 1 aliphatic heterocycles. The van der Waals surface area contributed by atoms with Crippen LogP contribution in [0.2, 0.25) is 0 Å². The minimum Gasteiger partial charge on any atom is -0.383 e. The Kier molecular flexibility index (Phi) is 4.69. The minimum absolute atomic E-state index is 0.0233. The van der Waals surface area contributed by atoms with E-state index in [1.165, 1.54) is 0 Å². The summed E-state index contributed by atoms with van der Waals surface area (Å²) in [5.41, 5.74) is 0. The van der Waals surface area contributed by atoms with E-state index in [-0.39, 0.29) is 6.03 Å². The summed E-state index contributed by atoms with van der Waals surface area (Å²) in [7, 11) is 3.70. The number of likely N-dealkylation sites (N-methyl/N-ethyl adjacent to an activating group) is 1. The molecule has 0 radical (unpaired) electrons. The van der Waals surface area contributed by atoms with Crippen LogP contribution in [0.25, 0.3) is 0 Å². The topological polar surface area (TPSA) is 44.8 Å². The molecule has 0 atom stereocenters. The van der Waals surface area contributed by atoms with E-state index in [0.29, 0.717) is 13.2 Å². The van der Waals surface area contributed by atoms with E-state index in [9.17, 15) is 4.79 Å². The normalized spacial score (nSPS) is 18.3. The zero-order valence-electron chi connectivity index (χ0n) is 8.95. The van der Waals surface area contributed by atoms with Gasteiger partial charge in [0, 0.05) is 39.8 Å². The van der Waals surface area contributed by atoms with Gasteiger partial charge in [-0.2, -0.15) is 0 Å². The largest absolute Gasteiger partial charge is 0.383 e. The maximum Gasteiger partial charge on any atom is 0.317 e. The van der Waals surface area contributed by atoms with Gasteiger partial charge in [0.2, 0.25) is 0 Å². The van der Waals surface area contributed by atoms with Crippen LogP contribution < -0.4 is 5.32 Å². The first-order valence-corrected chi connectivity index (χ1v) is 4.94. The number of hydrogen-bond acceptors (Lipinski definition) is 3. The maximum atomic E-state index is 11.5. The van der Waals surface area contributed by atoms with Crippen molar-refractivity contribution in [1.82, 2.24) is 15.1 Å². The zero-order chi connectivity index (χ0) is 10.4. The lowest BCUT2D eigenvalue weighted by atomic mass is 10.3. The van der Waals surface area contributed by atoms with Crippen LogP contribution in [0.1, 0.15) is 0 Å². The van der Waals surface area contributed by atoms with Crippen LogP contribution in [0.15, 0.2) is 0 Å². The molecule has 1 N–H and O–H groups in total. The summed E-state index contributed by atoms with van der Waals surface area (Å²) in [6.45, 7) is 4.70. The zero-order valence-corrected chi connectivity index (χ0v) is 8.95. The van der Waals surface area contributed by atoms with E-state index in [0.717, 1.165) is 26.2 Å². The number of ether oxygens (including phenoxy) is 1. The first-order valence-electron chi connectivity index (χ1n) is 4.94. The van der Waals surface area contributed by atoms with Crippen molar-refractivity contribution >= 4 is 6.03 Å². The number of rotatable bonds is 3. The first kappa shape index (κ1) is 11.3. The van der Waals surface area contributed by atoms with Crippen molar-refractivity contribution in [3.63, 3.8) is 0 Å². The molecule has 0 aliphatic carbocycles. The minimum atomic E-state index is 0.0233. The van der Waals surface area contributed by atoms with Crippen molar-refractivity contribution in [2.24, 2.45) is 0 Å². The van der Waals surface area contributed by atoms with Crippen molar-refractivity contribution in [2.45, 2.75) is 0 Å². The molecule has 5 heteroatoms. The third-order valence-corrected chi connectivity index (χ3v) is 2.37. The van der Waals surface area contributed by atoms with Crippen molar-refractivity contribution < 1.29 is 9.53 Å². The van der Waals surface area contributed by atoms with Crippen molar-refractivity contribution in [3.05, 3.63) is 0 Å². The fourth-order valence-electron chi connectivity index (χ4n) is 1.38. The van der Waals surface area contributed by atoms with Gasteiger partial charge >= 0.3 is 6.03 Å². The highest BCUT2D eigenvalue weighted by atomic mass is 16.5. The number of amides is 2. The first-order chi connectivity index (χ1) is 6.74. The summed E-state index contributed by atoms with van der Waals surface area (Å²) in [4.78, 5) is 15.6. The highest BCUT2D eigenvalue weighted by molar-refractivity contribution is 5.74. The van der Waals surface area contributed by atoms with Gasteiger partial charge in [0.15, 0.2) is 0 Å². The Morgan fingerprint density at radius 2 is 2.00 bits per heavy atom. The molecule has 14 heavy (non-hydrogen) atoms. The molecular weight excluding hydrogens is 182 g/mol. The summed E-state index contributed by atoms with van der Waals surface area (Å²) < 4.78 is 4.86. The number of nitrogens with zero attached hydrogens (tertiary/aromatic N) is 2. The summed E-state index contributed by atoms with van der Waals surface area (Å²) in [5, 5.41) is 2.81. The smallest absolute Gasteiger partial charge is 0.317 e. The van der Waals surface area contributed by atoms with Crippen molar-refractivity contribution in [1.29, 1.82) is 0 Å². The van der Waals surface area contributed by atoms with Crippen LogP contribution in [0.3, 0.4) is 0 Å². The van der Waals surface area contributed by atoms with E-state index in [1.54, 1.807) is 7.11 Å². The second kappa shape index (κ2) is 5.82. The fraction of sp³-hybridized carbons (Fsp3) is 0.889. The Balaban J connectivity index is 2.17. The summed E-state index contributed by atoms with van der Waals surface area (Å²) >= 11 is 0. The van der Waals surface area contributed by atoms with Gasteiger partial charge in [-0.05, 0) is 7.05 Å². The van der Waals surface area contributed by atoms with Gasteiger partial charge in [-0.3, -0.25) is 0 Å². The molecule has 0 aromatic rings. The molecule has 5 nitrogen and oxygen atoms in total. The predicted molar refractivity (Wildman–Crippen MR) is 54.3 cm³/mol. The Bertz CT molecular complexity index is 179. The molecule has 0 bridgehead atoms. The Hall–Kier alpha value is -0.810. The van der Waals surface area contributed by atoms with E-state index in [2.05, 4.69) is 17.3 Å². The van der Waals surface area contributed by atoms with Crippen LogP contribution in [0.4, 0.5) is 4.79 Å². The molecule has 1 fully saturated rings. The van der Waals surface area contributed by atoms with Crippen LogP contribution in [0.5, 0.6) is 0 Å². The van der Waals surface area contributed by atoms with E-state index in [4.69, 9.17) is 4.74 Å². The predicted octanol–water partition coefficient (Wildman–Crippen LogP) is -0.410. The number of methoxy groups -OCH3 is 1. The third kappa shape index (κ3) is 3.51. The number of piperazine rings is 1. The van der Waals surface area contributed by atoms with E-state index in [1.807, 2.05) is 4.90 Å². The van der Waals surface area contributed by atoms with Gasteiger partial charge in [0.25, 0.3) is 0 Å². The van der Waals surface area contributed by atoms with Crippen LogP contribution >= 0.6 is 0 Å². The number of carbonyl (C=O) groups excluding carboxylic acids is 1. The highest BCUT2D eigenvalue weighted by Crippen LogP contribution is 1.98. The lowest BCUT2D eigenvalue weighted by Gasteiger charge is -2.32. The molecule has 1 saturated heterocycles. The number of carbonyl (C=O) groups is 1. The lowest BCUT2D eigenvalue weighted by molar-refractivity contribution is 0.149. The molecule has 0 spiro atoms. The summed E-state index contributed by atoms with van der Waals surface area (Å²) in [5.74, 6) is 0. The maximum absolute atomic E-state index is 11.5. The van der Waals surface area contributed by atoms with Gasteiger partial charge in [-0.25, -0.2) is 4.79 Å². The molecule has 0 unspecified atom stereocenters. The molecule has 0 saturated carbocycles. The van der Waals surface area contributed by atoms with E-state index >= 15 is 0 Å². The van der Waals surface area contributed by atoms with Gasteiger partial charge in [0.1, 0.15) is 0 Å². The monoisotopic (exact) mass is 201 g/mol. The average Bonchev–Trinajstić information content (AvgIpc) is 2.19. The molecule has 1 rings (SSSR count). The molecule has 1 heterocycles.